The molecule has 134 valence electrons. The number of likely N-dealkylation sites (N-methyl/N-ethyl adjacent to an activating group) is 1. The molecular weight excluding hydrogens is 376 g/mol. The Morgan fingerprint density at radius 2 is 2.12 bits per heavy atom. The topological polar surface area (TPSA) is 88.4 Å². The number of thiazole rings is 1. The molecule has 3 aromatic rings. The Hall–Kier alpha value is -2.55. The molecule has 0 saturated heterocycles. The van der Waals surface area contributed by atoms with Gasteiger partial charge in [-0.1, -0.05) is 23.7 Å². The summed E-state index contributed by atoms with van der Waals surface area (Å²) in [4.78, 5) is 29.1. The van der Waals surface area contributed by atoms with E-state index < -0.39 is 4.92 Å². The van der Waals surface area contributed by atoms with Crippen LogP contribution in [0.1, 0.15) is 5.01 Å². The van der Waals surface area contributed by atoms with Gasteiger partial charge < -0.3 is 5.32 Å². The third kappa shape index (κ3) is 4.34. The molecule has 3 rings (SSSR count). The number of fused-ring (bicyclic) bond motifs is 1. The minimum absolute atomic E-state index is 0.0791. The smallest absolute Gasteiger partial charge is 0.294 e. The lowest BCUT2D eigenvalue weighted by Gasteiger charge is -2.14. The van der Waals surface area contributed by atoms with Crippen LogP contribution >= 0.6 is 22.9 Å². The highest BCUT2D eigenvalue weighted by molar-refractivity contribution is 7.18. The third-order valence-corrected chi connectivity index (χ3v) is 4.84. The van der Waals surface area contributed by atoms with Gasteiger partial charge in [-0.15, -0.1) is 11.3 Å². The first-order chi connectivity index (χ1) is 12.4. The number of para-hydroxylation sites is 1. The molecule has 0 atom stereocenters. The zero-order valence-corrected chi connectivity index (χ0v) is 15.4. The van der Waals surface area contributed by atoms with Gasteiger partial charge in [-0.2, -0.15) is 0 Å². The molecule has 0 aliphatic carbocycles. The second kappa shape index (κ2) is 7.77. The van der Waals surface area contributed by atoms with E-state index in [4.69, 9.17) is 11.6 Å². The molecule has 0 radical (unpaired) electrons. The van der Waals surface area contributed by atoms with Crippen LogP contribution in [0.25, 0.3) is 10.2 Å². The molecule has 0 bridgehead atoms. The molecule has 7 nitrogen and oxygen atoms in total. The standard InChI is InChI=1S/C17H15ClN4O3S/c1-21(10-17-20-13-4-2-3-5-15(13)26-17)9-16(23)19-12-7-6-11(18)8-14(12)22(24)25/h2-8H,9-10H2,1H3,(H,19,23). The monoisotopic (exact) mass is 390 g/mol. The second-order valence-corrected chi connectivity index (χ2v) is 7.27. The van der Waals surface area contributed by atoms with Crippen molar-refractivity contribution in [3.63, 3.8) is 0 Å². The van der Waals surface area contributed by atoms with Crippen molar-refractivity contribution in [1.29, 1.82) is 0 Å². The summed E-state index contributed by atoms with van der Waals surface area (Å²) in [5.41, 5.74) is 0.819. The predicted molar refractivity (Wildman–Crippen MR) is 103 cm³/mol. The Bertz CT molecular complexity index is 943. The van der Waals surface area contributed by atoms with Gasteiger partial charge in [0.15, 0.2) is 0 Å². The minimum atomic E-state index is -0.577. The Kier molecular flexibility index (Phi) is 5.46. The number of hydrogen-bond donors (Lipinski definition) is 1. The maximum Gasteiger partial charge on any atom is 0.294 e. The summed E-state index contributed by atoms with van der Waals surface area (Å²) in [5.74, 6) is -0.348. The van der Waals surface area contributed by atoms with Crippen LogP contribution in [0.3, 0.4) is 0 Å². The maximum atomic E-state index is 12.2. The van der Waals surface area contributed by atoms with E-state index in [9.17, 15) is 14.9 Å². The van der Waals surface area contributed by atoms with Gasteiger partial charge in [-0.25, -0.2) is 4.98 Å². The lowest BCUT2D eigenvalue weighted by molar-refractivity contribution is -0.383. The molecule has 1 heterocycles. The van der Waals surface area contributed by atoms with Crippen molar-refractivity contribution >= 4 is 50.4 Å². The zero-order chi connectivity index (χ0) is 18.7. The van der Waals surface area contributed by atoms with Crippen LogP contribution in [-0.4, -0.2) is 34.3 Å². The lowest BCUT2D eigenvalue weighted by Crippen LogP contribution is -2.30. The van der Waals surface area contributed by atoms with Gasteiger partial charge >= 0.3 is 0 Å². The fourth-order valence-corrected chi connectivity index (χ4v) is 3.68. The first-order valence-corrected chi connectivity index (χ1v) is 8.88. The molecule has 9 heteroatoms. The molecular formula is C17H15ClN4O3S. The Balaban J connectivity index is 1.63. The summed E-state index contributed by atoms with van der Waals surface area (Å²) in [6, 6.07) is 12.0. The number of halogens is 1. The summed E-state index contributed by atoms with van der Waals surface area (Å²) in [6.07, 6.45) is 0. The lowest BCUT2D eigenvalue weighted by atomic mass is 10.2. The first kappa shape index (κ1) is 18.2. The molecule has 26 heavy (non-hydrogen) atoms. The Morgan fingerprint density at radius 1 is 1.35 bits per heavy atom. The number of nitrogens with one attached hydrogen (secondary N) is 1. The minimum Gasteiger partial charge on any atom is -0.319 e. The molecule has 0 fully saturated rings. The van der Waals surface area contributed by atoms with E-state index in [-0.39, 0.29) is 28.8 Å². The van der Waals surface area contributed by atoms with Gasteiger partial charge in [-0.3, -0.25) is 19.8 Å². The molecule has 0 spiro atoms. The van der Waals surface area contributed by atoms with Crippen LogP contribution < -0.4 is 5.32 Å². The van der Waals surface area contributed by atoms with Crippen LogP contribution in [0, 0.1) is 10.1 Å². The number of rotatable bonds is 6. The summed E-state index contributed by atoms with van der Waals surface area (Å²) >= 11 is 7.35. The van der Waals surface area contributed by atoms with Crippen molar-refractivity contribution in [3.05, 3.63) is 62.6 Å². The summed E-state index contributed by atoms with van der Waals surface area (Å²) in [7, 11) is 1.79. The number of nitro groups is 1. The number of nitro benzene ring substituents is 1. The van der Waals surface area contributed by atoms with Crippen LogP contribution in [0.15, 0.2) is 42.5 Å². The summed E-state index contributed by atoms with van der Waals surface area (Å²) in [6.45, 7) is 0.588. The van der Waals surface area contributed by atoms with E-state index in [1.54, 1.807) is 23.3 Å². The highest BCUT2D eigenvalue weighted by Gasteiger charge is 2.17. The largest absolute Gasteiger partial charge is 0.319 e. The van der Waals surface area contributed by atoms with Crippen molar-refractivity contribution in [3.8, 4) is 0 Å². The predicted octanol–water partition coefficient (Wildman–Crippen LogP) is 3.93. The Morgan fingerprint density at radius 3 is 2.85 bits per heavy atom. The highest BCUT2D eigenvalue weighted by atomic mass is 35.5. The summed E-state index contributed by atoms with van der Waals surface area (Å²) < 4.78 is 1.09. The molecule has 0 saturated carbocycles. The van der Waals surface area contributed by atoms with Gasteiger partial charge in [0.1, 0.15) is 10.7 Å². The average Bonchev–Trinajstić information content (AvgIpc) is 2.98. The third-order valence-electron chi connectivity index (χ3n) is 3.59. The number of carbonyl (C=O) groups excluding carboxylic acids is 1. The van der Waals surface area contributed by atoms with E-state index in [1.807, 2.05) is 24.3 Å². The van der Waals surface area contributed by atoms with Crippen molar-refractivity contribution in [1.82, 2.24) is 9.88 Å². The summed E-state index contributed by atoms with van der Waals surface area (Å²) in [5, 5.41) is 14.8. The fourth-order valence-electron chi connectivity index (χ4n) is 2.47. The van der Waals surface area contributed by atoms with Gasteiger partial charge in [0, 0.05) is 11.1 Å². The van der Waals surface area contributed by atoms with Crippen molar-refractivity contribution < 1.29 is 9.72 Å². The van der Waals surface area contributed by atoms with Crippen LogP contribution in [0.2, 0.25) is 5.02 Å². The van der Waals surface area contributed by atoms with Gasteiger partial charge in [0.2, 0.25) is 5.91 Å². The first-order valence-electron chi connectivity index (χ1n) is 7.69. The normalized spacial score (nSPS) is 11.0. The number of benzene rings is 2. The molecule has 0 aliphatic rings. The number of amides is 1. The quantitative estimate of drug-likeness (QED) is 0.509. The number of hydrogen-bond acceptors (Lipinski definition) is 6. The van der Waals surface area contributed by atoms with Crippen molar-refractivity contribution in [2.24, 2.45) is 0 Å². The van der Waals surface area contributed by atoms with E-state index in [2.05, 4.69) is 10.3 Å². The Labute approximate surface area is 158 Å². The van der Waals surface area contributed by atoms with Crippen LogP contribution in [0.5, 0.6) is 0 Å². The van der Waals surface area contributed by atoms with Gasteiger partial charge in [0.25, 0.3) is 5.69 Å². The van der Waals surface area contributed by atoms with Gasteiger partial charge in [0.05, 0.1) is 28.2 Å². The number of anilines is 1. The molecule has 2 aromatic carbocycles. The fraction of sp³-hybridized carbons (Fsp3) is 0.176. The number of nitrogens with zero attached hydrogens (tertiary/aromatic N) is 3. The van der Waals surface area contributed by atoms with Crippen molar-refractivity contribution in [2.75, 3.05) is 18.9 Å². The number of carbonyl (C=O) groups is 1. The van der Waals surface area contributed by atoms with Crippen LogP contribution in [-0.2, 0) is 11.3 Å². The zero-order valence-electron chi connectivity index (χ0n) is 13.8. The number of aromatic nitrogens is 1. The second-order valence-electron chi connectivity index (χ2n) is 5.71. The molecule has 1 amide bonds. The van der Waals surface area contributed by atoms with Gasteiger partial charge in [-0.05, 0) is 31.3 Å². The molecule has 1 N–H and O–H groups in total. The SMILES string of the molecule is CN(CC(=O)Nc1ccc(Cl)cc1[N+](=O)[O-])Cc1nc2ccccc2s1. The van der Waals surface area contributed by atoms with E-state index in [0.29, 0.717) is 6.54 Å². The molecule has 1 aromatic heterocycles. The van der Waals surface area contributed by atoms with E-state index in [1.165, 1.54) is 18.2 Å². The molecule has 0 unspecified atom stereocenters. The van der Waals surface area contributed by atoms with E-state index >= 15 is 0 Å². The van der Waals surface area contributed by atoms with Crippen molar-refractivity contribution in [2.45, 2.75) is 6.54 Å². The highest BCUT2D eigenvalue weighted by Crippen LogP contribution is 2.27. The molecule has 0 aliphatic heterocycles. The van der Waals surface area contributed by atoms with Crippen LogP contribution in [0.4, 0.5) is 11.4 Å². The van der Waals surface area contributed by atoms with E-state index in [0.717, 1.165) is 15.2 Å². The maximum absolute atomic E-state index is 12.2. The average molecular weight is 391 g/mol.